The third kappa shape index (κ3) is 2.07. The maximum absolute atomic E-state index is 11.3. The smallest absolute Gasteiger partial charge is 0.171 e. The Morgan fingerprint density at radius 3 is 2.94 bits per heavy atom. The molecule has 0 aliphatic carbocycles. The summed E-state index contributed by atoms with van der Waals surface area (Å²) in [5.74, 6) is 0.865. The Balaban J connectivity index is 2.16. The Morgan fingerprint density at radius 2 is 2.44 bits per heavy atom. The lowest BCUT2D eigenvalue weighted by Crippen LogP contribution is -2.18. The van der Waals surface area contributed by atoms with E-state index >= 15 is 0 Å². The fourth-order valence-electron chi connectivity index (χ4n) is 2.19. The van der Waals surface area contributed by atoms with Crippen LogP contribution in [0.15, 0.2) is 6.07 Å². The van der Waals surface area contributed by atoms with Gasteiger partial charge >= 0.3 is 0 Å². The number of nitrogens with two attached hydrogens (primary N) is 1. The molecule has 0 spiro atoms. The van der Waals surface area contributed by atoms with E-state index in [2.05, 4.69) is 11.8 Å². The highest BCUT2D eigenvalue weighted by Gasteiger charge is 2.23. The van der Waals surface area contributed by atoms with Crippen LogP contribution in [0.1, 0.15) is 36.4 Å². The summed E-state index contributed by atoms with van der Waals surface area (Å²) in [7, 11) is 0. The number of rotatable bonds is 3. The van der Waals surface area contributed by atoms with Gasteiger partial charge in [0.05, 0.1) is 15.6 Å². The Hall–Kier alpha value is -1.03. The summed E-state index contributed by atoms with van der Waals surface area (Å²) in [5, 5.41) is 1.15. The van der Waals surface area contributed by atoms with Crippen LogP contribution >= 0.6 is 11.3 Å². The molecule has 0 amide bonds. The van der Waals surface area contributed by atoms with Gasteiger partial charge in [-0.25, -0.2) is 0 Å². The first-order chi connectivity index (χ1) is 7.61. The number of carbonyl (C=O) groups is 1. The predicted molar refractivity (Wildman–Crippen MR) is 69.3 cm³/mol. The number of anilines is 2. The summed E-state index contributed by atoms with van der Waals surface area (Å²) < 4.78 is 0. The topological polar surface area (TPSA) is 46.3 Å². The van der Waals surface area contributed by atoms with E-state index in [0.717, 1.165) is 24.0 Å². The molecular weight excluding hydrogens is 220 g/mol. The summed E-state index contributed by atoms with van der Waals surface area (Å²) in [6.45, 7) is 6.01. The van der Waals surface area contributed by atoms with Crippen molar-refractivity contribution in [3.05, 3.63) is 10.9 Å². The van der Waals surface area contributed by atoms with Crippen molar-refractivity contribution in [1.29, 1.82) is 0 Å². The Morgan fingerprint density at radius 1 is 1.69 bits per heavy atom. The van der Waals surface area contributed by atoms with E-state index in [4.69, 9.17) is 5.73 Å². The van der Waals surface area contributed by atoms with Gasteiger partial charge in [0.15, 0.2) is 5.78 Å². The van der Waals surface area contributed by atoms with Crippen molar-refractivity contribution < 1.29 is 4.79 Å². The molecule has 0 aromatic carbocycles. The molecule has 16 heavy (non-hydrogen) atoms. The number of hydrogen-bond acceptors (Lipinski definition) is 4. The molecule has 1 saturated heterocycles. The molecule has 0 bridgehead atoms. The molecule has 1 aromatic rings. The minimum atomic E-state index is 0.0694. The quantitative estimate of drug-likeness (QED) is 0.824. The first-order valence-electron chi connectivity index (χ1n) is 5.77. The molecule has 2 heterocycles. The van der Waals surface area contributed by atoms with Gasteiger partial charge in [0.25, 0.3) is 0 Å². The van der Waals surface area contributed by atoms with Crippen LogP contribution in [-0.2, 0) is 0 Å². The van der Waals surface area contributed by atoms with Gasteiger partial charge in [0.2, 0.25) is 0 Å². The summed E-state index contributed by atoms with van der Waals surface area (Å²) in [4.78, 5) is 14.4. The highest BCUT2D eigenvalue weighted by molar-refractivity contribution is 7.18. The summed E-state index contributed by atoms with van der Waals surface area (Å²) >= 11 is 1.53. The van der Waals surface area contributed by atoms with Crippen molar-refractivity contribution in [2.75, 3.05) is 23.7 Å². The second kappa shape index (κ2) is 4.45. The zero-order chi connectivity index (χ0) is 11.7. The lowest BCUT2D eigenvalue weighted by molar-refractivity contribution is 0.102. The summed E-state index contributed by atoms with van der Waals surface area (Å²) in [6, 6.07) is 1.94. The number of nitrogens with zero attached hydrogens (tertiary/aromatic N) is 1. The SMILES string of the molecule is CCC1CCN(c2cc(N)c(C(C)=O)s2)C1. The van der Waals surface area contributed by atoms with E-state index in [-0.39, 0.29) is 5.78 Å². The van der Waals surface area contributed by atoms with Crippen molar-refractivity contribution in [2.45, 2.75) is 26.7 Å². The number of ketones is 1. The molecule has 0 radical (unpaired) electrons. The average molecular weight is 238 g/mol. The fourth-order valence-corrected chi connectivity index (χ4v) is 3.20. The Labute approximate surface area is 100 Å². The van der Waals surface area contributed by atoms with Crippen LogP contribution in [0.5, 0.6) is 0 Å². The Kier molecular flexibility index (Phi) is 3.19. The first-order valence-corrected chi connectivity index (χ1v) is 6.58. The third-order valence-corrected chi connectivity index (χ3v) is 4.55. The minimum absolute atomic E-state index is 0.0694. The zero-order valence-corrected chi connectivity index (χ0v) is 10.6. The van der Waals surface area contributed by atoms with E-state index in [1.807, 2.05) is 6.07 Å². The summed E-state index contributed by atoms with van der Waals surface area (Å²) in [6.07, 6.45) is 2.49. The van der Waals surface area contributed by atoms with Gasteiger partial charge in [-0.2, -0.15) is 0 Å². The largest absolute Gasteiger partial charge is 0.397 e. The van der Waals surface area contributed by atoms with Gasteiger partial charge in [-0.05, 0) is 18.4 Å². The molecule has 2 rings (SSSR count). The van der Waals surface area contributed by atoms with E-state index in [1.165, 1.54) is 24.2 Å². The zero-order valence-electron chi connectivity index (χ0n) is 9.82. The molecule has 1 aliphatic rings. The van der Waals surface area contributed by atoms with Crippen molar-refractivity contribution >= 4 is 27.8 Å². The van der Waals surface area contributed by atoms with Crippen molar-refractivity contribution in [1.82, 2.24) is 0 Å². The predicted octanol–water partition coefficient (Wildman–Crippen LogP) is 2.77. The van der Waals surface area contributed by atoms with Crippen molar-refractivity contribution in [2.24, 2.45) is 5.92 Å². The lowest BCUT2D eigenvalue weighted by atomic mass is 10.1. The first kappa shape index (κ1) is 11.5. The average Bonchev–Trinajstić information content (AvgIpc) is 2.83. The number of hydrogen-bond donors (Lipinski definition) is 1. The van der Waals surface area contributed by atoms with Crippen molar-refractivity contribution in [3.63, 3.8) is 0 Å². The van der Waals surface area contributed by atoms with Gasteiger partial charge < -0.3 is 10.6 Å². The molecule has 88 valence electrons. The molecule has 2 N–H and O–H groups in total. The minimum Gasteiger partial charge on any atom is -0.397 e. The standard InChI is InChI=1S/C12H18N2OS/c1-3-9-4-5-14(7-9)11-6-10(13)12(16-11)8(2)15/h6,9H,3-5,7,13H2,1-2H3. The molecule has 4 heteroatoms. The van der Waals surface area contributed by atoms with Crippen LogP contribution in [0.2, 0.25) is 0 Å². The molecule has 3 nitrogen and oxygen atoms in total. The molecule has 1 aromatic heterocycles. The van der Waals surface area contributed by atoms with Crippen molar-refractivity contribution in [3.8, 4) is 0 Å². The van der Waals surface area contributed by atoms with E-state index in [1.54, 1.807) is 6.92 Å². The van der Waals surface area contributed by atoms with Gasteiger partial charge in [-0.1, -0.05) is 13.3 Å². The molecule has 1 aliphatic heterocycles. The van der Waals surface area contributed by atoms with Crippen LogP contribution < -0.4 is 10.6 Å². The molecular formula is C12H18N2OS. The number of Topliss-reactive ketones (excluding diaryl/α,β-unsaturated/α-hetero) is 1. The number of thiophene rings is 1. The van der Waals surface area contributed by atoms with Crippen LogP contribution in [0.4, 0.5) is 10.7 Å². The normalized spacial score (nSPS) is 20.4. The third-order valence-electron chi connectivity index (χ3n) is 3.24. The van der Waals surface area contributed by atoms with Crippen LogP contribution in [0.3, 0.4) is 0 Å². The van der Waals surface area contributed by atoms with E-state index < -0.39 is 0 Å². The molecule has 1 fully saturated rings. The Bertz CT molecular complexity index is 400. The van der Waals surface area contributed by atoms with Crippen LogP contribution in [0.25, 0.3) is 0 Å². The second-order valence-corrected chi connectivity index (χ2v) is 5.46. The maximum atomic E-state index is 11.3. The second-order valence-electron chi connectivity index (χ2n) is 4.43. The monoisotopic (exact) mass is 238 g/mol. The maximum Gasteiger partial charge on any atom is 0.171 e. The lowest BCUT2D eigenvalue weighted by Gasteiger charge is -2.15. The van der Waals surface area contributed by atoms with Gasteiger partial charge in [-0.3, -0.25) is 4.79 Å². The van der Waals surface area contributed by atoms with Gasteiger partial charge in [0, 0.05) is 20.0 Å². The molecule has 0 saturated carbocycles. The fraction of sp³-hybridized carbons (Fsp3) is 0.583. The van der Waals surface area contributed by atoms with Crippen LogP contribution in [0, 0.1) is 5.92 Å². The van der Waals surface area contributed by atoms with Gasteiger partial charge in [0.1, 0.15) is 0 Å². The van der Waals surface area contributed by atoms with Gasteiger partial charge in [-0.15, -0.1) is 11.3 Å². The highest BCUT2D eigenvalue weighted by Crippen LogP contribution is 2.35. The molecule has 1 atom stereocenters. The number of nitrogen functional groups attached to an aromatic ring is 1. The van der Waals surface area contributed by atoms with E-state index in [9.17, 15) is 4.79 Å². The number of carbonyl (C=O) groups excluding carboxylic acids is 1. The molecule has 1 unspecified atom stereocenters. The summed E-state index contributed by atoms with van der Waals surface area (Å²) in [5.41, 5.74) is 6.47. The van der Waals surface area contributed by atoms with E-state index in [0.29, 0.717) is 10.6 Å². The van der Waals surface area contributed by atoms with Crippen LogP contribution in [-0.4, -0.2) is 18.9 Å². The highest BCUT2D eigenvalue weighted by atomic mass is 32.1.